The van der Waals surface area contributed by atoms with Gasteiger partial charge >= 0.3 is 0 Å². The Morgan fingerprint density at radius 2 is 0.969 bits per heavy atom. The molecular formula is C28H34N2O2. The van der Waals surface area contributed by atoms with E-state index in [1.165, 1.54) is 0 Å². The van der Waals surface area contributed by atoms with Crippen molar-refractivity contribution in [1.82, 2.24) is 0 Å². The number of hydrogen-bond donors (Lipinski definition) is 4. The van der Waals surface area contributed by atoms with Crippen LogP contribution in [0.5, 0.6) is 11.5 Å². The fourth-order valence-electron chi connectivity index (χ4n) is 4.29. The Morgan fingerprint density at radius 1 is 0.594 bits per heavy atom. The van der Waals surface area contributed by atoms with Gasteiger partial charge < -0.3 is 20.8 Å². The Bertz CT molecular complexity index is 1050. The number of aromatic hydroxyl groups is 2. The number of phenols is 2. The molecule has 4 rings (SSSR count). The molecule has 1 aliphatic heterocycles. The van der Waals surface area contributed by atoms with Crippen LogP contribution in [-0.2, 0) is 10.8 Å². The molecular weight excluding hydrogens is 396 g/mol. The van der Waals surface area contributed by atoms with Crippen LogP contribution in [0.2, 0.25) is 0 Å². The summed E-state index contributed by atoms with van der Waals surface area (Å²) >= 11 is 0. The summed E-state index contributed by atoms with van der Waals surface area (Å²) in [6.07, 6.45) is 0. The molecule has 0 spiro atoms. The van der Waals surface area contributed by atoms with Crippen molar-refractivity contribution in [3.8, 4) is 11.5 Å². The maximum atomic E-state index is 10.9. The third kappa shape index (κ3) is 4.14. The first-order valence-electron chi connectivity index (χ1n) is 11.2. The van der Waals surface area contributed by atoms with Crippen molar-refractivity contribution in [1.29, 1.82) is 0 Å². The van der Waals surface area contributed by atoms with E-state index < -0.39 is 0 Å². The zero-order valence-corrected chi connectivity index (χ0v) is 19.8. The van der Waals surface area contributed by atoms with Gasteiger partial charge in [0, 0.05) is 11.1 Å². The van der Waals surface area contributed by atoms with Gasteiger partial charge in [0.15, 0.2) is 0 Å². The van der Waals surface area contributed by atoms with Gasteiger partial charge in [0.25, 0.3) is 0 Å². The second-order valence-corrected chi connectivity index (χ2v) is 10.8. The first-order valence-corrected chi connectivity index (χ1v) is 11.2. The minimum Gasteiger partial charge on any atom is -0.508 e. The Balaban J connectivity index is 1.89. The summed E-state index contributed by atoms with van der Waals surface area (Å²) < 4.78 is 0. The molecule has 4 N–H and O–H groups in total. The normalized spacial score (nSPS) is 18.4. The van der Waals surface area contributed by atoms with Crippen LogP contribution < -0.4 is 10.6 Å². The van der Waals surface area contributed by atoms with Crippen LogP contribution in [0.25, 0.3) is 0 Å². The number of benzene rings is 3. The molecule has 3 aromatic carbocycles. The van der Waals surface area contributed by atoms with E-state index in [4.69, 9.17) is 0 Å². The fraction of sp³-hybridized carbons (Fsp3) is 0.357. The molecule has 0 fully saturated rings. The summed E-state index contributed by atoms with van der Waals surface area (Å²) in [6.45, 7) is 13.0. The second-order valence-electron chi connectivity index (χ2n) is 10.8. The maximum absolute atomic E-state index is 10.9. The van der Waals surface area contributed by atoms with Gasteiger partial charge in [-0.3, -0.25) is 0 Å². The van der Waals surface area contributed by atoms with Gasteiger partial charge in [-0.2, -0.15) is 0 Å². The smallest absolute Gasteiger partial charge is 0.120 e. The predicted molar refractivity (Wildman–Crippen MR) is 133 cm³/mol. The number of nitrogens with one attached hydrogen (secondary N) is 2. The average molecular weight is 431 g/mol. The summed E-state index contributed by atoms with van der Waals surface area (Å²) in [6, 6.07) is 19.2. The summed E-state index contributed by atoms with van der Waals surface area (Å²) in [4.78, 5) is 0. The Kier molecular flexibility index (Phi) is 5.36. The van der Waals surface area contributed by atoms with Crippen molar-refractivity contribution < 1.29 is 10.2 Å². The number of anilines is 2. The van der Waals surface area contributed by atoms with E-state index in [0.717, 1.165) is 33.6 Å². The summed E-state index contributed by atoms with van der Waals surface area (Å²) in [5.74, 6) is 0.487. The molecule has 1 aliphatic rings. The number of phenolic OH excluding ortho intramolecular Hbond substituents is 2. The minimum atomic E-state index is -0.270. The molecule has 0 aromatic heterocycles. The van der Waals surface area contributed by atoms with Crippen molar-refractivity contribution in [3.63, 3.8) is 0 Å². The molecule has 0 radical (unpaired) electrons. The van der Waals surface area contributed by atoms with Crippen LogP contribution in [0.15, 0.2) is 60.7 Å². The molecule has 0 aliphatic carbocycles. The van der Waals surface area contributed by atoms with E-state index in [9.17, 15) is 10.2 Å². The SMILES string of the molecule is CC(C)(C)c1ccc(O)c([C@@H]2Nc3ccccc3N[C@H]2c2cc(C(C)(C)C)ccc2O)c1. The lowest BCUT2D eigenvalue weighted by molar-refractivity contribution is 0.444. The molecule has 0 saturated heterocycles. The third-order valence-electron chi connectivity index (χ3n) is 6.34. The predicted octanol–water partition coefficient (Wildman–Crippen LogP) is 7.01. The highest BCUT2D eigenvalue weighted by Crippen LogP contribution is 2.47. The molecule has 0 saturated carbocycles. The molecule has 1 heterocycles. The Morgan fingerprint density at radius 3 is 1.31 bits per heavy atom. The molecule has 168 valence electrons. The van der Waals surface area contributed by atoms with Gasteiger partial charge in [-0.15, -0.1) is 0 Å². The first-order chi connectivity index (χ1) is 14.9. The van der Waals surface area contributed by atoms with E-state index in [1.807, 2.05) is 36.4 Å². The standard InChI is InChI=1S/C28H34N2O2/c1-27(2,3)17-11-13-23(31)19(15-17)25-26(30-22-10-8-7-9-21(22)29-25)20-16-18(28(4,5)6)12-14-24(20)32/h7-16,25-26,29-32H,1-6H3/t25-,26-/m0/s1. The number of rotatable bonds is 2. The highest BCUT2D eigenvalue weighted by Gasteiger charge is 2.34. The van der Waals surface area contributed by atoms with Gasteiger partial charge in [-0.25, -0.2) is 0 Å². The number of fused-ring (bicyclic) bond motifs is 1. The van der Waals surface area contributed by atoms with Gasteiger partial charge in [0.1, 0.15) is 11.5 Å². The maximum Gasteiger partial charge on any atom is 0.120 e. The Hall–Kier alpha value is -3.14. The van der Waals surface area contributed by atoms with Crippen LogP contribution in [0, 0.1) is 0 Å². The average Bonchev–Trinajstić information content (AvgIpc) is 2.72. The summed E-state index contributed by atoms with van der Waals surface area (Å²) in [7, 11) is 0. The van der Waals surface area contributed by atoms with Gasteiger partial charge in [-0.05, 0) is 58.4 Å². The van der Waals surface area contributed by atoms with Crippen molar-refractivity contribution in [2.75, 3.05) is 10.6 Å². The molecule has 0 amide bonds. The van der Waals surface area contributed by atoms with Gasteiger partial charge in [0.2, 0.25) is 0 Å². The van der Waals surface area contributed by atoms with Crippen LogP contribution in [0.1, 0.15) is 75.9 Å². The lowest BCUT2D eigenvalue weighted by atomic mass is 9.81. The first kappa shape index (κ1) is 22.1. The molecule has 32 heavy (non-hydrogen) atoms. The monoisotopic (exact) mass is 430 g/mol. The lowest BCUT2D eigenvalue weighted by Gasteiger charge is -2.38. The van der Waals surface area contributed by atoms with Crippen molar-refractivity contribution in [3.05, 3.63) is 82.9 Å². The van der Waals surface area contributed by atoms with E-state index >= 15 is 0 Å². The van der Waals surface area contributed by atoms with Gasteiger partial charge in [-0.1, -0.05) is 65.8 Å². The van der Waals surface area contributed by atoms with E-state index in [2.05, 4.69) is 64.3 Å². The fourth-order valence-corrected chi connectivity index (χ4v) is 4.29. The van der Waals surface area contributed by atoms with E-state index in [-0.39, 0.29) is 34.4 Å². The van der Waals surface area contributed by atoms with Gasteiger partial charge in [0.05, 0.1) is 23.5 Å². The van der Waals surface area contributed by atoms with Crippen LogP contribution in [0.3, 0.4) is 0 Å². The second kappa shape index (κ2) is 7.77. The quantitative estimate of drug-likeness (QED) is 0.353. The van der Waals surface area contributed by atoms with Crippen molar-refractivity contribution in [2.45, 2.75) is 64.5 Å². The largest absolute Gasteiger partial charge is 0.508 e. The van der Waals surface area contributed by atoms with Crippen LogP contribution >= 0.6 is 0 Å². The molecule has 0 bridgehead atoms. The lowest BCUT2D eigenvalue weighted by Crippen LogP contribution is -2.31. The number of hydrogen-bond acceptors (Lipinski definition) is 4. The van der Waals surface area contributed by atoms with E-state index in [1.54, 1.807) is 12.1 Å². The minimum absolute atomic E-state index is 0.0494. The third-order valence-corrected chi connectivity index (χ3v) is 6.34. The summed E-state index contributed by atoms with van der Waals surface area (Å²) in [5, 5.41) is 29.0. The van der Waals surface area contributed by atoms with Crippen molar-refractivity contribution in [2.24, 2.45) is 0 Å². The molecule has 4 heteroatoms. The summed E-state index contributed by atoms with van der Waals surface area (Å²) in [5.41, 5.74) is 5.77. The van der Waals surface area contributed by atoms with Crippen LogP contribution in [0.4, 0.5) is 11.4 Å². The highest BCUT2D eigenvalue weighted by atomic mass is 16.3. The van der Waals surface area contributed by atoms with E-state index in [0.29, 0.717) is 0 Å². The molecule has 3 aromatic rings. The zero-order chi connectivity index (χ0) is 23.3. The highest BCUT2D eigenvalue weighted by molar-refractivity contribution is 5.73. The van der Waals surface area contributed by atoms with Crippen LogP contribution in [-0.4, -0.2) is 10.2 Å². The number of para-hydroxylation sites is 2. The molecule has 4 nitrogen and oxygen atoms in total. The zero-order valence-electron chi connectivity index (χ0n) is 19.8. The topological polar surface area (TPSA) is 64.5 Å². The molecule has 2 atom stereocenters. The Labute approximate surface area is 191 Å². The molecule has 0 unspecified atom stereocenters. The van der Waals surface area contributed by atoms with Crippen molar-refractivity contribution >= 4 is 11.4 Å².